The van der Waals surface area contributed by atoms with Crippen LogP contribution in [0.15, 0.2) is 60.8 Å². The summed E-state index contributed by atoms with van der Waals surface area (Å²) in [4.78, 5) is 27.3. The smallest absolute Gasteiger partial charge is 0.259 e. The quantitative estimate of drug-likeness (QED) is 0.394. The minimum atomic E-state index is -0.785. The van der Waals surface area contributed by atoms with Gasteiger partial charge >= 0.3 is 0 Å². The van der Waals surface area contributed by atoms with E-state index in [1.54, 1.807) is 25.6 Å². The predicted octanol–water partition coefficient (Wildman–Crippen LogP) is 3.09. The van der Waals surface area contributed by atoms with Crippen LogP contribution in [0.3, 0.4) is 0 Å². The first-order valence-electron chi connectivity index (χ1n) is 8.93. The lowest BCUT2D eigenvalue weighted by Gasteiger charge is -2.08. The molecule has 1 amide bonds. The molecule has 30 heavy (non-hydrogen) atoms. The number of amides is 1. The first-order chi connectivity index (χ1) is 14.6. The lowest BCUT2D eigenvalue weighted by molar-refractivity contribution is -0.114. The van der Waals surface area contributed by atoms with Gasteiger partial charge in [0.1, 0.15) is 29.4 Å². The Bertz CT molecular complexity index is 1320. The maximum Gasteiger partial charge on any atom is 0.259 e. The van der Waals surface area contributed by atoms with Gasteiger partial charge in [0, 0.05) is 35.1 Å². The van der Waals surface area contributed by atoms with Gasteiger partial charge in [0.2, 0.25) is 0 Å². The van der Waals surface area contributed by atoms with Crippen LogP contribution >= 0.6 is 0 Å². The second-order valence-corrected chi connectivity index (χ2v) is 6.45. The van der Waals surface area contributed by atoms with Crippen LogP contribution in [-0.2, 0) is 4.79 Å². The number of nitrogens with zero attached hydrogens (tertiary/aromatic N) is 4. The number of carbonyl (C=O) groups is 1. The van der Waals surface area contributed by atoms with Crippen LogP contribution in [0.25, 0.3) is 39.5 Å². The van der Waals surface area contributed by atoms with Gasteiger partial charge in [0.05, 0.1) is 12.8 Å². The molecule has 0 spiro atoms. The van der Waals surface area contributed by atoms with Gasteiger partial charge < -0.3 is 15.5 Å². The molecule has 8 heteroatoms. The van der Waals surface area contributed by atoms with E-state index in [4.69, 9.17) is 15.7 Å². The molecule has 0 aliphatic rings. The first kappa shape index (κ1) is 18.8. The third kappa shape index (κ3) is 3.59. The van der Waals surface area contributed by atoms with Crippen LogP contribution in [0.2, 0.25) is 0 Å². The van der Waals surface area contributed by atoms with Gasteiger partial charge in [-0.3, -0.25) is 4.79 Å². The Hall–Kier alpha value is -4.51. The Labute approximate surface area is 171 Å². The average molecular weight is 396 g/mol. The summed E-state index contributed by atoms with van der Waals surface area (Å²) in [6.45, 7) is 0. The molecule has 0 unspecified atom stereocenters. The fraction of sp³-hybridized carbons (Fsp3) is 0.0455. The second-order valence-electron chi connectivity index (χ2n) is 6.45. The van der Waals surface area contributed by atoms with Gasteiger partial charge in [0.15, 0.2) is 0 Å². The zero-order valence-corrected chi connectivity index (χ0v) is 16.0. The van der Waals surface area contributed by atoms with Gasteiger partial charge in [-0.1, -0.05) is 0 Å². The van der Waals surface area contributed by atoms with Crippen LogP contribution in [-0.4, -0.2) is 33.0 Å². The zero-order valence-electron chi connectivity index (χ0n) is 16.0. The third-order valence-corrected chi connectivity index (χ3v) is 4.58. The molecule has 0 fully saturated rings. The average Bonchev–Trinajstić information content (AvgIpc) is 3.21. The van der Waals surface area contributed by atoms with Crippen molar-refractivity contribution in [2.45, 2.75) is 0 Å². The monoisotopic (exact) mass is 396 g/mol. The molecule has 0 aliphatic carbocycles. The molecule has 3 aromatic heterocycles. The van der Waals surface area contributed by atoms with Crippen molar-refractivity contribution >= 4 is 23.0 Å². The Morgan fingerprint density at radius 2 is 2.10 bits per heavy atom. The number of benzene rings is 1. The molecule has 0 saturated heterocycles. The summed E-state index contributed by atoms with van der Waals surface area (Å²) in [5.74, 6) is -0.211. The number of aromatic amines is 1. The minimum absolute atomic E-state index is 0.139. The summed E-state index contributed by atoms with van der Waals surface area (Å²) in [5.41, 5.74) is 9.80. The maximum absolute atomic E-state index is 11.4. The summed E-state index contributed by atoms with van der Waals surface area (Å²) in [6.07, 6.45) is 8.21. The molecule has 0 atom stereocenters. The molecule has 3 heterocycles. The Kier molecular flexibility index (Phi) is 4.93. The summed E-state index contributed by atoms with van der Waals surface area (Å²) in [7, 11) is 1.55. The first-order valence-corrected chi connectivity index (χ1v) is 8.93. The number of pyridine rings is 1. The Balaban J connectivity index is 1.85. The molecule has 1 aromatic carbocycles. The molecule has 0 saturated carbocycles. The van der Waals surface area contributed by atoms with Gasteiger partial charge in [-0.15, -0.1) is 0 Å². The third-order valence-electron chi connectivity index (χ3n) is 4.58. The number of fused-ring (bicyclic) bond motifs is 1. The minimum Gasteiger partial charge on any atom is -0.497 e. The van der Waals surface area contributed by atoms with E-state index in [0.29, 0.717) is 11.3 Å². The van der Waals surface area contributed by atoms with Crippen LogP contribution in [0, 0.1) is 11.3 Å². The molecular weight excluding hydrogens is 380 g/mol. The number of primary amides is 1. The molecule has 4 aromatic rings. The van der Waals surface area contributed by atoms with Crippen molar-refractivity contribution in [3.05, 3.63) is 66.4 Å². The highest BCUT2D eigenvalue weighted by molar-refractivity contribution is 6.01. The molecule has 8 nitrogen and oxygen atoms in total. The van der Waals surface area contributed by atoms with Crippen LogP contribution in [0.5, 0.6) is 5.75 Å². The van der Waals surface area contributed by atoms with E-state index >= 15 is 0 Å². The predicted molar refractivity (Wildman–Crippen MR) is 112 cm³/mol. The van der Waals surface area contributed by atoms with E-state index in [1.165, 1.54) is 12.4 Å². The van der Waals surface area contributed by atoms with Crippen molar-refractivity contribution in [1.29, 1.82) is 5.26 Å². The number of H-pyrrole nitrogens is 1. The Morgan fingerprint density at radius 1 is 1.23 bits per heavy atom. The number of carbonyl (C=O) groups excluding carboxylic acids is 1. The van der Waals surface area contributed by atoms with E-state index < -0.39 is 5.91 Å². The lowest BCUT2D eigenvalue weighted by atomic mass is 10.0. The van der Waals surface area contributed by atoms with Crippen molar-refractivity contribution in [3.63, 3.8) is 0 Å². The standard InChI is InChI=1S/C22H16N6O2/c1-30-17-6-13(5-15(9-23)21(24)29)4-14(7-17)16-8-18-19(11-27-22(18)26-10-16)20-2-3-25-12-28-20/h2-8,10-12H,1H3,(H2,24,29)(H,26,27)/b15-5+. The van der Waals surface area contributed by atoms with E-state index in [-0.39, 0.29) is 5.57 Å². The molecule has 0 radical (unpaired) electrons. The largest absolute Gasteiger partial charge is 0.497 e. The van der Waals surface area contributed by atoms with Crippen LogP contribution < -0.4 is 10.5 Å². The van der Waals surface area contributed by atoms with Gasteiger partial charge in [-0.05, 0) is 47.5 Å². The van der Waals surface area contributed by atoms with Crippen molar-refractivity contribution in [2.24, 2.45) is 5.73 Å². The number of nitrogens with two attached hydrogens (primary N) is 1. The van der Waals surface area contributed by atoms with E-state index in [0.717, 1.165) is 33.4 Å². The van der Waals surface area contributed by atoms with Crippen LogP contribution in [0.4, 0.5) is 0 Å². The summed E-state index contributed by atoms with van der Waals surface area (Å²) >= 11 is 0. The van der Waals surface area contributed by atoms with Crippen molar-refractivity contribution in [1.82, 2.24) is 19.9 Å². The van der Waals surface area contributed by atoms with E-state index in [2.05, 4.69) is 19.9 Å². The van der Waals surface area contributed by atoms with Gasteiger partial charge in [-0.2, -0.15) is 5.26 Å². The fourth-order valence-corrected chi connectivity index (χ4v) is 3.14. The number of hydrogen-bond acceptors (Lipinski definition) is 6. The van der Waals surface area contributed by atoms with Crippen molar-refractivity contribution in [2.75, 3.05) is 7.11 Å². The van der Waals surface area contributed by atoms with Crippen molar-refractivity contribution in [3.8, 4) is 34.2 Å². The highest BCUT2D eigenvalue weighted by Gasteiger charge is 2.12. The number of rotatable bonds is 5. The molecule has 146 valence electrons. The number of methoxy groups -OCH3 is 1. The summed E-state index contributed by atoms with van der Waals surface area (Å²) in [5, 5.41) is 10.0. The number of hydrogen-bond donors (Lipinski definition) is 2. The van der Waals surface area contributed by atoms with E-state index in [9.17, 15) is 4.79 Å². The Morgan fingerprint density at radius 3 is 2.80 bits per heavy atom. The topological polar surface area (TPSA) is 131 Å². The molecule has 0 aliphatic heterocycles. The fourth-order valence-electron chi connectivity index (χ4n) is 3.14. The highest BCUT2D eigenvalue weighted by atomic mass is 16.5. The molecule has 3 N–H and O–H groups in total. The number of nitrogens with one attached hydrogen (secondary N) is 1. The molecular formula is C22H16N6O2. The summed E-state index contributed by atoms with van der Waals surface area (Å²) < 4.78 is 5.39. The van der Waals surface area contributed by atoms with Crippen LogP contribution in [0.1, 0.15) is 5.56 Å². The maximum atomic E-state index is 11.4. The second kappa shape index (κ2) is 7.85. The summed E-state index contributed by atoms with van der Waals surface area (Å²) in [6, 6.07) is 11.0. The van der Waals surface area contributed by atoms with E-state index in [1.807, 2.05) is 36.5 Å². The molecule has 4 rings (SSSR count). The SMILES string of the molecule is COc1cc(/C=C(\C#N)C(N)=O)cc(-c2cnc3[nH]cc(-c4ccncn4)c3c2)c1. The van der Waals surface area contributed by atoms with Gasteiger partial charge in [0.25, 0.3) is 5.91 Å². The van der Waals surface area contributed by atoms with Crippen molar-refractivity contribution < 1.29 is 9.53 Å². The molecule has 0 bridgehead atoms. The number of nitriles is 1. The highest BCUT2D eigenvalue weighted by Crippen LogP contribution is 2.32. The lowest BCUT2D eigenvalue weighted by Crippen LogP contribution is -2.12. The zero-order chi connectivity index (χ0) is 21.1. The number of aromatic nitrogens is 4. The normalized spacial score (nSPS) is 11.3. The van der Waals surface area contributed by atoms with Gasteiger partial charge in [-0.25, -0.2) is 15.0 Å². The number of ether oxygens (including phenoxy) is 1.